The van der Waals surface area contributed by atoms with Crippen LogP contribution in [0.25, 0.3) is 0 Å². The van der Waals surface area contributed by atoms with Gasteiger partial charge in [-0.05, 0) is 30.8 Å². The molecule has 0 radical (unpaired) electrons. The summed E-state index contributed by atoms with van der Waals surface area (Å²) in [7, 11) is 5.14. The van der Waals surface area contributed by atoms with Crippen molar-refractivity contribution >= 4 is 11.6 Å². The summed E-state index contributed by atoms with van der Waals surface area (Å²) in [6.07, 6.45) is 0. The Kier molecular flexibility index (Phi) is 6.97. The predicted molar refractivity (Wildman–Crippen MR) is 77.3 cm³/mol. The number of halogens is 1. The summed E-state index contributed by atoms with van der Waals surface area (Å²) < 4.78 is 18.4. The molecule has 0 aliphatic rings. The van der Waals surface area contributed by atoms with Gasteiger partial charge in [-0.2, -0.15) is 0 Å². The number of hydrogen-bond donors (Lipinski definition) is 2. The number of anilines is 1. The molecular formula is C14H22FN3O2. The first kappa shape index (κ1) is 16.4. The molecule has 20 heavy (non-hydrogen) atoms. The number of carbonyl (C=O) groups excluding carboxylic acids is 1. The summed E-state index contributed by atoms with van der Waals surface area (Å²) in [5.74, 6) is -0.427. The van der Waals surface area contributed by atoms with Crippen LogP contribution in [0.4, 0.5) is 10.1 Å². The molecule has 0 bridgehead atoms. The highest BCUT2D eigenvalue weighted by Crippen LogP contribution is 2.17. The van der Waals surface area contributed by atoms with Crippen LogP contribution in [0.1, 0.15) is 5.56 Å². The normalized spacial score (nSPS) is 10.4. The Labute approximate surface area is 119 Å². The average Bonchev–Trinajstić information content (AvgIpc) is 2.38. The zero-order valence-electron chi connectivity index (χ0n) is 12.2. The molecule has 0 aliphatic heterocycles. The Bertz CT molecular complexity index is 440. The van der Waals surface area contributed by atoms with Crippen LogP contribution in [-0.4, -0.2) is 46.8 Å². The number of likely N-dealkylation sites (N-methyl/N-ethyl adjacent to an activating group) is 1. The third-order valence-corrected chi connectivity index (χ3v) is 2.77. The van der Waals surface area contributed by atoms with Gasteiger partial charge < -0.3 is 20.3 Å². The third kappa shape index (κ3) is 5.54. The molecule has 5 nitrogen and oxygen atoms in total. The molecule has 1 aromatic rings. The van der Waals surface area contributed by atoms with Crippen molar-refractivity contribution in [2.45, 2.75) is 6.54 Å². The number of hydrogen-bond acceptors (Lipinski definition) is 4. The monoisotopic (exact) mass is 283 g/mol. The molecule has 0 saturated heterocycles. The smallest absolute Gasteiger partial charge is 0.239 e. The Morgan fingerprint density at radius 2 is 2.15 bits per heavy atom. The van der Waals surface area contributed by atoms with E-state index in [4.69, 9.17) is 4.74 Å². The molecule has 0 spiro atoms. The molecule has 1 rings (SSSR count). The van der Waals surface area contributed by atoms with Crippen LogP contribution >= 0.6 is 0 Å². The first-order chi connectivity index (χ1) is 9.56. The third-order valence-electron chi connectivity index (χ3n) is 2.77. The number of carbonyl (C=O) groups is 1. The summed E-state index contributed by atoms with van der Waals surface area (Å²) in [4.78, 5) is 13.4. The van der Waals surface area contributed by atoms with Crippen LogP contribution in [0.5, 0.6) is 0 Å². The molecule has 0 fully saturated rings. The summed E-state index contributed by atoms with van der Waals surface area (Å²) in [5.41, 5.74) is 1.52. The Morgan fingerprint density at radius 3 is 2.80 bits per heavy atom. The van der Waals surface area contributed by atoms with Gasteiger partial charge >= 0.3 is 0 Å². The van der Waals surface area contributed by atoms with Crippen LogP contribution in [-0.2, 0) is 16.1 Å². The van der Waals surface area contributed by atoms with E-state index in [0.717, 1.165) is 5.56 Å². The topological polar surface area (TPSA) is 53.6 Å². The molecule has 112 valence electrons. The highest BCUT2D eigenvalue weighted by molar-refractivity contribution is 5.81. The van der Waals surface area contributed by atoms with Crippen LogP contribution in [0.2, 0.25) is 0 Å². The molecule has 2 N–H and O–H groups in total. The van der Waals surface area contributed by atoms with Crippen LogP contribution in [0, 0.1) is 5.82 Å². The Morgan fingerprint density at radius 1 is 1.40 bits per heavy atom. The number of amides is 1. The second-order valence-corrected chi connectivity index (χ2v) is 4.55. The number of methoxy groups -OCH3 is 1. The minimum atomic E-state index is -0.306. The minimum absolute atomic E-state index is 0.121. The lowest BCUT2D eigenvalue weighted by Crippen LogP contribution is -2.36. The maximum Gasteiger partial charge on any atom is 0.239 e. The fourth-order valence-electron chi connectivity index (χ4n) is 1.82. The zero-order chi connectivity index (χ0) is 15.0. The lowest BCUT2D eigenvalue weighted by molar-refractivity contribution is -0.119. The van der Waals surface area contributed by atoms with E-state index < -0.39 is 0 Å². The van der Waals surface area contributed by atoms with Crippen LogP contribution in [0.15, 0.2) is 18.2 Å². The highest BCUT2D eigenvalue weighted by Gasteiger charge is 2.09. The van der Waals surface area contributed by atoms with Crippen molar-refractivity contribution in [2.75, 3.05) is 45.8 Å². The van der Waals surface area contributed by atoms with Gasteiger partial charge in [0.2, 0.25) is 5.91 Å². The van der Waals surface area contributed by atoms with Crippen molar-refractivity contribution < 1.29 is 13.9 Å². The first-order valence-electron chi connectivity index (χ1n) is 6.47. The SMILES string of the molecule is CNCc1cc(F)cc(N(C)CC(=O)NCCOC)c1. The van der Waals surface area contributed by atoms with Crippen molar-refractivity contribution in [3.63, 3.8) is 0 Å². The summed E-state index contributed by atoms with van der Waals surface area (Å²) in [6, 6.07) is 4.76. The van der Waals surface area contributed by atoms with Gasteiger partial charge in [-0.15, -0.1) is 0 Å². The number of nitrogens with zero attached hydrogens (tertiary/aromatic N) is 1. The van der Waals surface area contributed by atoms with Crippen molar-refractivity contribution in [3.8, 4) is 0 Å². The molecule has 6 heteroatoms. The van der Waals surface area contributed by atoms with E-state index in [0.29, 0.717) is 25.4 Å². The van der Waals surface area contributed by atoms with E-state index >= 15 is 0 Å². The Balaban J connectivity index is 2.62. The van der Waals surface area contributed by atoms with Gasteiger partial charge in [-0.1, -0.05) is 0 Å². The number of rotatable bonds is 8. The Hall–Kier alpha value is -1.66. The summed E-state index contributed by atoms with van der Waals surface area (Å²) in [6.45, 7) is 1.70. The van der Waals surface area contributed by atoms with Gasteiger partial charge in [0.1, 0.15) is 5.82 Å². The van der Waals surface area contributed by atoms with Gasteiger partial charge in [0.05, 0.1) is 13.2 Å². The summed E-state index contributed by atoms with van der Waals surface area (Å²) in [5, 5.41) is 5.70. The molecule has 1 amide bonds. The van der Waals surface area contributed by atoms with Gasteiger partial charge in [0.15, 0.2) is 0 Å². The molecule has 0 heterocycles. The van der Waals surface area contributed by atoms with Gasteiger partial charge in [0, 0.05) is 32.9 Å². The molecule has 0 saturated carbocycles. The van der Waals surface area contributed by atoms with Crippen molar-refractivity contribution in [1.29, 1.82) is 0 Å². The van der Waals surface area contributed by atoms with Crippen LogP contribution < -0.4 is 15.5 Å². The van der Waals surface area contributed by atoms with E-state index in [2.05, 4.69) is 10.6 Å². The molecular weight excluding hydrogens is 261 g/mol. The summed E-state index contributed by atoms with van der Waals surface area (Å²) >= 11 is 0. The van der Waals surface area contributed by atoms with E-state index in [1.165, 1.54) is 12.1 Å². The van der Waals surface area contributed by atoms with Gasteiger partial charge in [0.25, 0.3) is 0 Å². The van der Waals surface area contributed by atoms with Crippen molar-refractivity contribution in [1.82, 2.24) is 10.6 Å². The fraction of sp³-hybridized carbons (Fsp3) is 0.500. The van der Waals surface area contributed by atoms with Gasteiger partial charge in [-0.3, -0.25) is 4.79 Å². The zero-order valence-corrected chi connectivity index (χ0v) is 12.2. The van der Waals surface area contributed by atoms with E-state index in [1.54, 1.807) is 26.1 Å². The van der Waals surface area contributed by atoms with Crippen LogP contribution in [0.3, 0.4) is 0 Å². The number of nitrogens with one attached hydrogen (secondary N) is 2. The predicted octanol–water partition coefficient (Wildman–Crippen LogP) is 0.744. The molecule has 1 aromatic carbocycles. The van der Waals surface area contributed by atoms with Crippen molar-refractivity contribution in [3.05, 3.63) is 29.6 Å². The van der Waals surface area contributed by atoms with E-state index in [1.807, 2.05) is 6.07 Å². The van der Waals surface area contributed by atoms with Gasteiger partial charge in [-0.25, -0.2) is 4.39 Å². The first-order valence-corrected chi connectivity index (χ1v) is 6.47. The second kappa shape index (κ2) is 8.50. The lowest BCUT2D eigenvalue weighted by atomic mass is 10.2. The fourth-order valence-corrected chi connectivity index (χ4v) is 1.82. The molecule has 0 aromatic heterocycles. The number of benzene rings is 1. The molecule has 0 unspecified atom stereocenters. The second-order valence-electron chi connectivity index (χ2n) is 4.55. The van der Waals surface area contributed by atoms with Crippen molar-refractivity contribution in [2.24, 2.45) is 0 Å². The average molecular weight is 283 g/mol. The standard InChI is InChI=1S/C14H22FN3O2/c1-16-9-11-6-12(15)8-13(7-11)18(2)10-14(19)17-4-5-20-3/h6-8,16H,4-5,9-10H2,1-3H3,(H,17,19). The molecule has 0 atom stereocenters. The minimum Gasteiger partial charge on any atom is -0.383 e. The quantitative estimate of drug-likeness (QED) is 0.691. The molecule has 0 aliphatic carbocycles. The van der Waals surface area contributed by atoms with E-state index in [-0.39, 0.29) is 18.3 Å². The maximum atomic E-state index is 13.5. The van der Waals surface area contributed by atoms with E-state index in [9.17, 15) is 9.18 Å². The maximum absolute atomic E-state index is 13.5. The largest absolute Gasteiger partial charge is 0.383 e. The number of ether oxygens (including phenoxy) is 1. The highest BCUT2D eigenvalue weighted by atomic mass is 19.1. The lowest BCUT2D eigenvalue weighted by Gasteiger charge is -2.19.